The van der Waals surface area contributed by atoms with Crippen LogP contribution in [0.1, 0.15) is 26.4 Å². The average Bonchev–Trinajstić information content (AvgIpc) is 2.89. The van der Waals surface area contributed by atoms with Crippen LogP contribution in [0, 0.1) is 0 Å². The van der Waals surface area contributed by atoms with Crippen LogP contribution in [0.4, 0.5) is 0 Å². The van der Waals surface area contributed by atoms with E-state index >= 15 is 0 Å². The summed E-state index contributed by atoms with van der Waals surface area (Å²) in [6, 6.07) is 4.45. The Balaban J connectivity index is 1.98. The molecule has 0 bridgehead atoms. The van der Waals surface area contributed by atoms with E-state index in [1.54, 1.807) is 6.07 Å². The van der Waals surface area contributed by atoms with Crippen molar-refractivity contribution in [2.24, 2.45) is 0 Å². The first kappa shape index (κ1) is 11.8. The van der Waals surface area contributed by atoms with Gasteiger partial charge in [0.05, 0.1) is 18.1 Å². The smallest absolute Gasteiger partial charge is 0.354 e. The zero-order valence-electron chi connectivity index (χ0n) is 9.29. The molecule has 6 heteroatoms. The minimum absolute atomic E-state index is 0.0959. The minimum Gasteiger partial charge on any atom is -0.477 e. The van der Waals surface area contributed by atoms with E-state index in [4.69, 9.17) is 9.52 Å². The monoisotopic (exact) mass is 246 g/mol. The molecule has 92 valence electrons. The van der Waals surface area contributed by atoms with Gasteiger partial charge in [-0.15, -0.1) is 0 Å². The van der Waals surface area contributed by atoms with Crippen molar-refractivity contribution in [3.63, 3.8) is 0 Å². The van der Waals surface area contributed by atoms with Gasteiger partial charge in [-0.3, -0.25) is 4.79 Å². The third-order valence-electron chi connectivity index (χ3n) is 2.28. The normalized spacial score (nSPS) is 10.0. The van der Waals surface area contributed by atoms with Gasteiger partial charge in [0.1, 0.15) is 5.69 Å². The molecule has 18 heavy (non-hydrogen) atoms. The molecule has 0 aliphatic carbocycles. The molecule has 0 aromatic carbocycles. The van der Waals surface area contributed by atoms with Crippen LogP contribution in [0.25, 0.3) is 0 Å². The lowest BCUT2D eigenvalue weighted by molar-refractivity contribution is 0.0689. The number of carbonyl (C=O) groups is 2. The number of carboxylic acids is 1. The number of nitrogens with zero attached hydrogens (tertiary/aromatic N) is 1. The Morgan fingerprint density at radius 1 is 1.33 bits per heavy atom. The molecule has 6 nitrogen and oxygen atoms in total. The molecule has 2 aromatic heterocycles. The summed E-state index contributed by atoms with van der Waals surface area (Å²) in [5, 5.41) is 11.3. The third kappa shape index (κ3) is 2.73. The van der Waals surface area contributed by atoms with E-state index in [9.17, 15) is 9.59 Å². The molecule has 0 aliphatic rings. The number of carbonyl (C=O) groups excluding carboxylic acids is 1. The minimum atomic E-state index is -1.12. The predicted molar refractivity (Wildman–Crippen MR) is 61.1 cm³/mol. The van der Waals surface area contributed by atoms with Gasteiger partial charge in [0.25, 0.3) is 5.91 Å². The summed E-state index contributed by atoms with van der Waals surface area (Å²) < 4.78 is 4.87. The zero-order valence-corrected chi connectivity index (χ0v) is 9.29. The fraction of sp³-hybridized carbons (Fsp3) is 0.0833. The highest BCUT2D eigenvalue weighted by atomic mass is 16.4. The van der Waals surface area contributed by atoms with Crippen LogP contribution >= 0.6 is 0 Å². The van der Waals surface area contributed by atoms with Crippen molar-refractivity contribution in [3.05, 3.63) is 53.7 Å². The quantitative estimate of drug-likeness (QED) is 0.848. The van der Waals surface area contributed by atoms with Crippen LogP contribution in [-0.2, 0) is 6.54 Å². The molecule has 0 unspecified atom stereocenters. The summed E-state index contributed by atoms with van der Waals surface area (Å²) in [7, 11) is 0. The lowest BCUT2D eigenvalue weighted by atomic mass is 10.2. The van der Waals surface area contributed by atoms with Gasteiger partial charge >= 0.3 is 5.97 Å². The van der Waals surface area contributed by atoms with Crippen molar-refractivity contribution in [2.45, 2.75) is 6.54 Å². The number of carboxylic acid groups (broad SMARTS) is 1. The maximum Gasteiger partial charge on any atom is 0.354 e. The molecule has 2 aromatic rings. The molecule has 0 radical (unpaired) electrons. The number of pyridine rings is 1. The van der Waals surface area contributed by atoms with Gasteiger partial charge in [-0.05, 0) is 18.2 Å². The standard InChI is InChI=1S/C12H10N2O4/c15-11(14-5-8-3-4-18-7-8)9-1-2-10(12(16)17)13-6-9/h1-4,6-7H,5H2,(H,14,15)(H,16,17). The predicted octanol–water partition coefficient (Wildman–Crippen LogP) is 1.30. The second-order valence-corrected chi connectivity index (χ2v) is 3.55. The Labute approximate surface area is 102 Å². The molecule has 2 rings (SSSR count). The number of aromatic nitrogens is 1. The Hall–Kier alpha value is -2.63. The van der Waals surface area contributed by atoms with Gasteiger partial charge in [0.15, 0.2) is 0 Å². The number of furan rings is 1. The number of hydrogen-bond donors (Lipinski definition) is 2. The molecule has 1 amide bonds. The third-order valence-corrected chi connectivity index (χ3v) is 2.28. The largest absolute Gasteiger partial charge is 0.477 e. The molecule has 0 saturated carbocycles. The molecular weight excluding hydrogens is 236 g/mol. The van der Waals surface area contributed by atoms with Crippen LogP contribution in [0.15, 0.2) is 41.3 Å². The summed E-state index contributed by atoms with van der Waals surface area (Å²) in [5.74, 6) is -1.44. The van der Waals surface area contributed by atoms with Gasteiger partial charge in [-0.2, -0.15) is 0 Å². The summed E-state index contributed by atoms with van der Waals surface area (Å²) in [4.78, 5) is 25.9. The summed E-state index contributed by atoms with van der Waals surface area (Å²) in [6.45, 7) is 0.343. The Kier molecular flexibility index (Phi) is 3.38. The summed E-state index contributed by atoms with van der Waals surface area (Å²) in [6.07, 6.45) is 4.28. The van der Waals surface area contributed by atoms with E-state index in [0.717, 1.165) is 5.56 Å². The van der Waals surface area contributed by atoms with E-state index in [2.05, 4.69) is 10.3 Å². The van der Waals surface area contributed by atoms with Crippen LogP contribution in [0.5, 0.6) is 0 Å². The highest BCUT2D eigenvalue weighted by Crippen LogP contribution is 2.03. The second-order valence-electron chi connectivity index (χ2n) is 3.55. The van der Waals surface area contributed by atoms with E-state index in [-0.39, 0.29) is 11.6 Å². The first-order valence-electron chi connectivity index (χ1n) is 5.15. The van der Waals surface area contributed by atoms with Crippen molar-refractivity contribution in [1.82, 2.24) is 10.3 Å². The van der Waals surface area contributed by atoms with Crippen molar-refractivity contribution < 1.29 is 19.1 Å². The summed E-state index contributed by atoms with van der Waals surface area (Å²) in [5.41, 5.74) is 1.06. The van der Waals surface area contributed by atoms with Crippen molar-refractivity contribution in [3.8, 4) is 0 Å². The number of hydrogen-bond acceptors (Lipinski definition) is 4. The molecular formula is C12H10N2O4. The lowest BCUT2D eigenvalue weighted by Crippen LogP contribution is -2.22. The first-order chi connectivity index (χ1) is 8.66. The van der Waals surface area contributed by atoms with Crippen molar-refractivity contribution in [1.29, 1.82) is 0 Å². The van der Waals surface area contributed by atoms with Gasteiger partial charge in [-0.1, -0.05) is 0 Å². The van der Waals surface area contributed by atoms with Crippen LogP contribution in [-0.4, -0.2) is 22.0 Å². The SMILES string of the molecule is O=C(NCc1ccoc1)c1ccc(C(=O)O)nc1. The van der Waals surface area contributed by atoms with Gasteiger partial charge in [0.2, 0.25) is 0 Å². The van der Waals surface area contributed by atoms with Gasteiger partial charge in [-0.25, -0.2) is 9.78 Å². The number of aromatic carboxylic acids is 1. The lowest BCUT2D eigenvalue weighted by Gasteiger charge is -2.03. The average molecular weight is 246 g/mol. The Bertz CT molecular complexity index is 546. The van der Waals surface area contributed by atoms with Gasteiger partial charge < -0.3 is 14.8 Å². The van der Waals surface area contributed by atoms with E-state index in [1.807, 2.05) is 0 Å². The Morgan fingerprint density at radius 2 is 2.17 bits per heavy atom. The zero-order chi connectivity index (χ0) is 13.0. The molecule has 2 N–H and O–H groups in total. The molecule has 2 heterocycles. The van der Waals surface area contributed by atoms with Crippen molar-refractivity contribution >= 4 is 11.9 Å². The topological polar surface area (TPSA) is 92.4 Å². The maximum absolute atomic E-state index is 11.7. The maximum atomic E-state index is 11.7. The van der Waals surface area contributed by atoms with Crippen molar-refractivity contribution in [2.75, 3.05) is 0 Å². The van der Waals surface area contributed by atoms with E-state index < -0.39 is 5.97 Å². The fourth-order valence-electron chi connectivity index (χ4n) is 1.33. The van der Waals surface area contributed by atoms with E-state index in [1.165, 1.54) is 30.9 Å². The highest BCUT2D eigenvalue weighted by Gasteiger charge is 2.08. The fourth-order valence-corrected chi connectivity index (χ4v) is 1.33. The number of amides is 1. The molecule has 0 spiro atoms. The molecule has 0 atom stereocenters. The van der Waals surface area contributed by atoms with Crippen LogP contribution in [0.2, 0.25) is 0 Å². The number of rotatable bonds is 4. The first-order valence-corrected chi connectivity index (χ1v) is 5.15. The molecule has 0 fully saturated rings. The van der Waals surface area contributed by atoms with Crippen LogP contribution < -0.4 is 5.32 Å². The second kappa shape index (κ2) is 5.13. The van der Waals surface area contributed by atoms with E-state index in [0.29, 0.717) is 12.1 Å². The van der Waals surface area contributed by atoms with Crippen LogP contribution in [0.3, 0.4) is 0 Å². The molecule has 0 saturated heterocycles. The number of nitrogens with one attached hydrogen (secondary N) is 1. The summed E-state index contributed by atoms with van der Waals surface area (Å²) >= 11 is 0. The van der Waals surface area contributed by atoms with Gasteiger partial charge in [0, 0.05) is 18.3 Å². The Morgan fingerprint density at radius 3 is 2.72 bits per heavy atom. The highest BCUT2D eigenvalue weighted by molar-refractivity contribution is 5.94. The molecule has 0 aliphatic heterocycles.